The predicted molar refractivity (Wildman–Crippen MR) is 301 cm³/mol. The van der Waals surface area contributed by atoms with Crippen molar-refractivity contribution in [3.8, 4) is 22.6 Å². The lowest BCUT2D eigenvalue weighted by Crippen LogP contribution is -2.53. The van der Waals surface area contributed by atoms with Crippen LogP contribution in [0.15, 0.2) is 46.7 Å². The van der Waals surface area contributed by atoms with E-state index < -0.39 is 50.7 Å². The van der Waals surface area contributed by atoms with Crippen LogP contribution in [0.3, 0.4) is 0 Å². The lowest BCUT2D eigenvalue weighted by atomic mass is 9.74. The monoisotopic (exact) mass is 1130 g/mol. The summed E-state index contributed by atoms with van der Waals surface area (Å²) in [5, 5.41) is 25.9. The summed E-state index contributed by atoms with van der Waals surface area (Å²) < 4.78 is 52.9. The zero-order chi connectivity index (χ0) is 57.9. The van der Waals surface area contributed by atoms with Crippen molar-refractivity contribution in [3.63, 3.8) is 0 Å². The number of benzene rings is 1. The molecule has 7 N–H and O–H groups in total. The number of aromatic nitrogens is 7. The van der Waals surface area contributed by atoms with Crippen LogP contribution in [0.5, 0.6) is 0 Å². The molecule has 0 bridgehead atoms. The van der Waals surface area contributed by atoms with Gasteiger partial charge in [-0.05, 0) is 119 Å². The van der Waals surface area contributed by atoms with E-state index in [1.807, 2.05) is 0 Å². The number of aryl methyl sites for hydroxylation is 3. The summed E-state index contributed by atoms with van der Waals surface area (Å²) in [4.78, 5) is 69.2. The second kappa shape index (κ2) is 27.6. The molecule has 1 aromatic carbocycles. The maximum atomic E-state index is 15.0. The summed E-state index contributed by atoms with van der Waals surface area (Å²) in [6.07, 6.45) is 14.2. The fraction of sp³-hybridized carbons (Fsp3) is 0.596. The van der Waals surface area contributed by atoms with Gasteiger partial charge in [0.1, 0.15) is 24.8 Å². The quantitative estimate of drug-likeness (QED) is 0.0161. The average Bonchev–Trinajstić information content (AvgIpc) is 4.24. The number of esters is 1. The van der Waals surface area contributed by atoms with E-state index in [-0.39, 0.29) is 79.5 Å². The van der Waals surface area contributed by atoms with Crippen LogP contribution in [-0.4, -0.2) is 129 Å². The highest BCUT2D eigenvalue weighted by Crippen LogP contribution is 2.41. The summed E-state index contributed by atoms with van der Waals surface area (Å²) >= 11 is 0. The summed E-state index contributed by atoms with van der Waals surface area (Å²) in [7, 11) is -3.52. The van der Waals surface area contributed by atoms with Crippen LogP contribution in [0, 0.1) is 30.5 Å². The van der Waals surface area contributed by atoms with Gasteiger partial charge in [0.15, 0.2) is 5.60 Å². The number of hydrogen-bond donors (Lipinski definition) is 5. The molecule has 7 rings (SSSR count). The zero-order valence-corrected chi connectivity index (χ0v) is 48.2. The molecular formula is C57H81FN12O9S. The number of pyridine rings is 2. The molecule has 21 nitrogen and oxygen atoms in total. The van der Waals surface area contributed by atoms with E-state index in [1.165, 1.54) is 18.5 Å². The van der Waals surface area contributed by atoms with Crippen LogP contribution in [0.1, 0.15) is 133 Å². The highest BCUT2D eigenvalue weighted by Gasteiger charge is 2.46. The summed E-state index contributed by atoms with van der Waals surface area (Å²) in [6, 6.07) is 3.92. The smallest absolute Gasteiger partial charge is 0.343 e. The number of ether oxygens (including phenoxy) is 2. The molecule has 2 unspecified atom stereocenters. The van der Waals surface area contributed by atoms with Crippen molar-refractivity contribution >= 4 is 38.5 Å². The van der Waals surface area contributed by atoms with Crippen molar-refractivity contribution in [3.05, 3.63) is 80.8 Å². The molecular weight excluding hydrogens is 1050 g/mol. The topological polar surface area (TPSA) is 295 Å². The Hall–Kier alpha value is -6.11. The Morgan fingerprint density at radius 1 is 0.963 bits per heavy atom. The third kappa shape index (κ3) is 14.5. The summed E-state index contributed by atoms with van der Waals surface area (Å²) in [5.41, 5.74) is 16.6. The third-order valence-corrected chi connectivity index (χ3v) is 16.5. The SMILES string of the molecule is CCCN(CCC)CCCC[C@H](C(=O)NCC(=O)NCOCCCc1c2c(nc3cc(F)c(C)cc13)-c1cc3c(c(=O)n1C2)COC(=O)[C@]3(O)CC)C(N)[C@@H](C(C)C)C(N)CCCCCn1cc(-c2cnc(S(C)(=O)=O)nc2)nn1. The minimum Gasteiger partial charge on any atom is -0.458 e. The Labute approximate surface area is 468 Å². The molecule has 0 radical (unpaired) electrons. The van der Waals surface area contributed by atoms with Gasteiger partial charge in [0.25, 0.3) is 5.56 Å². The fourth-order valence-electron chi connectivity index (χ4n) is 11.4. The van der Waals surface area contributed by atoms with E-state index in [2.05, 4.69) is 63.5 Å². The summed E-state index contributed by atoms with van der Waals surface area (Å²) in [5.74, 6) is -2.66. The summed E-state index contributed by atoms with van der Waals surface area (Å²) in [6.45, 7) is 15.2. The number of carbonyl (C=O) groups excluding carboxylic acids is 3. The number of nitrogens with one attached hydrogen (secondary N) is 2. The molecule has 0 saturated heterocycles. The number of fused-ring (bicyclic) bond motifs is 5. The molecule has 2 aliphatic rings. The number of nitrogens with two attached hydrogens (primary N) is 2. The van der Waals surface area contributed by atoms with E-state index in [4.69, 9.17) is 25.9 Å². The standard InChI is InChI=1S/C57H81FN12O9S/c1-8-20-68(21-9-2)22-15-13-17-39(51(60)50(35(4)5)45(59)19-12-11-14-23-69-32-47(66-67-69)37-28-62-56(63-29-37)80(7,76)77)53(72)61-30-49(71)64-34-78-24-16-18-38-40-25-36(6)44(58)27-46(40)65-52-41(38)31-70-48(52)26-43-42(54(70)73)33-79-55(74)57(43,75)10-3/h25-29,32,35,39,45,50-51,75H,8-24,30-31,33-34,59-60H2,1-7H3,(H,61,72)(H,64,71)/t39-,45?,50-,51?,57-/m0/s1. The van der Waals surface area contributed by atoms with E-state index in [0.29, 0.717) is 66.0 Å². The fourth-order valence-corrected chi connectivity index (χ4v) is 11.8. The van der Waals surface area contributed by atoms with Gasteiger partial charge >= 0.3 is 5.97 Å². The number of cyclic esters (lactones) is 1. The van der Waals surface area contributed by atoms with E-state index in [1.54, 1.807) is 41.4 Å². The second-order valence-electron chi connectivity index (χ2n) is 21.9. The largest absolute Gasteiger partial charge is 0.458 e. The maximum absolute atomic E-state index is 15.0. The van der Waals surface area contributed by atoms with Crippen molar-refractivity contribution in [1.82, 2.24) is 50.0 Å². The molecule has 5 aromatic rings. The first-order chi connectivity index (χ1) is 38.2. The predicted octanol–water partition coefficient (Wildman–Crippen LogP) is 5.21. The van der Waals surface area contributed by atoms with Gasteiger partial charge < -0.3 is 46.1 Å². The first kappa shape index (κ1) is 61.5. The minimum atomic E-state index is -3.52. The molecule has 2 aliphatic heterocycles. The number of sulfone groups is 1. The van der Waals surface area contributed by atoms with Crippen molar-refractivity contribution in [2.45, 2.75) is 161 Å². The normalized spacial score (nSPS) is 16.5. The molecule has 2 amide bonds. The number of carbonyl (C=O) groups is 3. The van der Waals surface area contributed by atoms with Crippen molar-refractivity contribution in [2.75, 3.05) is 45.8 Å². The first-order valence-corrected chi connectivity index (χ1v) is 30.2. The molecule has 4 aromatic heterocycles. The van der Waals surface area contributed by atoms with E-state index in [0.717, 1.165) is 87.3 Å². The van der Waals surface area contributed by atoms with Crippen LogP contribution < -0.4 is 27.7 Å². The van der Waals surface area contributed by atoms with Crippen molar-refractivity contribution in [2.24, 2.45) is 29.2 Å². The molecule has 0 spiro atoms. The van der Waals surface area contributed by atoms with Gasteiger partial charge in [-0.25, -0.2) is 32.6 Å². The lowest BCUT2D eigenvalue weighted by molar-refractivity contribution is -0.172. The van der Waals surface area contributed by atoms with Crippen LogP contribution in [0.4, 0.5) is 4.39 Å². The highest BCUT2D eigenvalue weighted by atomic mass is 32.2. The van der Waals surface area contributed by atoms with Crippen molar-refractivity contribution < 1.29 is 41.8 Å². The van der Waals surface area contributed by atoms with Gasteiger partial charge in [-0.1, -0.05) is 59.1 Å². The number of hydrogen-bond acceptors (Lipinski definition) is 17. The van der Waals surface area contributed by atoms with E-state index >= 15 is 4.39 Å². The molecule has 0 aliphatic carbocycles. The second-order valence-corrected chi connectivity index (χ2v) is 23.8. The van der Waals surface area contributed by atoms with Gasteiger partial charge in [-0.3, -0.25) is 19.1 Å². The molecule has 5 atom stereocenters. The molecule has 6 heterocycles. The molecule has 23 heteroatoms. The van der Waals surface area contributed by atoms with Gasteiger partial charge in [-0.15, -0.1) is 5.10 Å². The Morgan fingerprint density at radius 2 is 1.69 bits per heavy atom. The van der Waals surface area contributed by atoms with Gasteiger partial charge in [-0.2, -0.15) is 0 Å². The third-order valence-electron chi connectivity index (χ3n) is 15.6. The van der Waals surface area contributed by atoms with Crippen LogP contribution in [0.25, 0.3) is 33.5 Å². The number of aliphatic hydroxyl groups is 1. The van der Waals surface area contributed by atoms with Gasteiger partial charge in [0, 0.05) is 72.0 Å². The first-order valence-electron chi connectivity index (χ1n) is 28.3. The number of nitrogens with zero attached hydrogens (tertiary/aromatic N) is 8. The van der Waals surface area contributed by atoms with Crippen LogP contribution >= 0.6 is 0 Å². The lowest BCUT2D eigenvalue weighted by Gasteiger charge is -2.37. The Bertz CT molecular complexity index is 3150. The van der Waals surface area contributed by atoms with Crippen molar-refractivity contribution in [1.29, 1.82) is 0 Å². The number of rotatable bonds is 31. The Balaban J connectivity index is 0.922. The average molecular weight is 1130 g/mol. The molecule has 80 heavy (non-hydrogen) atoms. The maximum Gasteiger partial charge on any atom is 0.343 e. The highest BCUT2D eigenvalue weighted by molar-refractivity contribution is 7.90. The van der Waals surface area contributed by atoms with Crippen LogP contribution in [-0.2, 0) is 65.4 Å². The Morgan fingerprint density at radius 3 is 2.38 bits per heavy atom. The van der Waals surface area contributed by atoms with Gasteiger partial charge in [0.2, 0.25) is 26.8 Å². The number of unbranched alkanes of at least 4 members (excludes halogenated alkanes) is 3. The minimum absolute atomic E-state index is 0.00241. The van der Waals surface area contributed by atoms with Crippen LogP contribution in [0.2, 0.25) is 0 Å². The van der Waals surface area contributed by atoms with Gasteiger partial charge in [0.05, 0.1) is 47.7 Å². The Kier molecular flexibility index (Phi) is 21.2. The number of halogens is 1. The molecule has 436 valence electrons. The van der Waals surface area contributed by atoms with E-state index in [9.17, 15) is 32.7 Å². The molecule has 0 fully saturated rings. The zero-order valence-electron chi connectivity index (χ0n) is 47.4. The number of amides is 2. The molecule has 0 saturated carbocycles.